The van der Waals surface area contributed by atoms with Crippen molar-refractivity contribution in [2.75, 3.05) is 5.32 Å². The molecule has 4 N–H and O–H groups in total. The van der Waals surface area contributed by atoms with Crippen LogP contribution in [0.5, 0.6) is 0 Å². The molecule has 11 heteroatoms. The van der Waals surface area contributed by atoms with Gasteiger partial charge in [0, 0.05) is 35.3 Å². The number of urea groups is 1. The number of carbonyl (C=O) groups excluding carboxylic acids is 4. The topological polar surface area (TPSA) is 152 Å². The van der Waals surface area contributed by atoms with E-state index >= 15 is 0 Å². The first kappa shape index (κ1) is 20.4. The molecule has 1 atom stereocenters. The maximum absolute atomic E-state index is 13.0. The number of rotatable bonds is 4. The average Bonchev–Trinajstić information content (AvgIpc) is 3.39. The summed E-state index contributed by atoms with van der Waals surface area (Å²) in [5.74, 6) is -1.04. The van der Waals surface area contributed by atoms with Crippen LogP contribution in [-0.2, 0) is 16.1 Å². The molecule has 2 aliphatic heterocycles. The average molecular weight is 445 g/mol. The molecule has 33 heavy (non-hydrogen) atoms. The number of amides is 5. The van der Waals surface area contributed by atoms with E-state index in [0.29, 0.717) is 29.1 Å². The Hall–Kier alpha value is -4.54. The summed E-state index contributed by atoms with van der Waals surface area (Å²) in [4.78, 5) is 49.4. The van der Waals surface area contributed by atoms with Crippen LogP contribution in [0, 0.1) is 0 Å². The maximum atomic E-state index is 13.0. The lowest BCUT2D eigenvalue weighted by atomic mass is 10.0. The fourth-order valence-electron chi connectivity index (χ4n) is 4.20. The highest BCUT2D eigenvalue weighted by Crippen LogP contribution is 2.32. The van der Waals surface area contributed by atoms with Crippen molar-refractivity contribution in [3.63, 3.8) is 0 Å². The second kappa shape index (κ2) is 7.86. The molecule has 0 spiro atoms. The first-order valence-electron chi connectivity index (χ1n) is 10.3. The van der Waals surface area contributed by atoms with Crippen LogP contribution in [0.2, 0.25) is 0 Å². The molecule has 5 amide bonds. The number of nitrogens with one attached hydrogen (secondary N) is 2. The van der Waals surface area contributed by atoms with Gasteiger partial charge in [-0.2, -0.15) is 0 Å². The number of hydrogen-bond donors (Lipinski definition) is 3. The molecule has 0 bridgehead atoms. The summed E-state index contributed by atoms with van der Waals surface area (Å²) in [6.45, 7) is 0.226. The van der Waals surface area contributed by atoms with Gasteiger partial charge in [0.2, 0.25) is 11.8 Å². The zero-order chi connectivity index (χ0) is 23.1. The van der Waals surface area contributed by atoms with Crippen LogP contribution in [0.4, 0.5) is 10.5 Å². The Labute approximate surface area is 187 Å². The van der Waals surface area contributed by atoms with Crippen molar-refractivity contribution >= 4 is 29.4 Å². The number of hydrogen-bond acceptors (Lipinski definition) is 6. The number of fused-ring (bicyclic) bond motifs is 1. The molecule has 1 fully saturated rings. The van der Waals surface area contributed by atoms with Gasteiger partial charge in [-0.3, -0.25) is 19.7 Å². The molecular weight excluding hydrogens is 426 g/mol. The third-order valence-electron chi connectivity index (χ3n) is 5.72. The van der Waals surface area contributed by atoms with Gasteiger partial charge in [-0.1, -0.05) is 23.4 Å². The molecule has 1 aromatic heterocycles. The predicted octanol–water partition coefficient (Wildman–Crippen LogP) is 1.19. The van der Waals surface area contributed by atoms with Crippen LogP contribution in [0.25, 0.3) is 16.9 Å². The summed E-state index contributed by atoms with van der Waals surface area (Å²) in [7, 11) is 0. The van der Waals surface area contributed by atoms with E-state index in [2.05, 4.69) is 20.9 Å². The lowest BCUT2D eigenvalue weighted by Gasteiger charge is -2.29. The molecule has 5 rings (SSSR count). The second-order valence-corrected chi connectivity index (χ2v) is 7.82. The highest BCUT2D eigenvalue weighted by Gasteiger charge is 2.40. The van der Waals surface area contributed by atoms with Gasteiger partial charge < -0.3 is 16.0 Å². The van der Waals surface area contributed by atoms with E-state index in [1.807, 2.05) is 12.1 Å². The summed E-state index contributed by atoms with van der Waals surface area (Å²) < 4.78 is 1.57. The van der Waals surface area contributed by atoms with Gasteiger partial charge >= 0.3 is 6.03 Å². The second-order valence-electron chi connectivity index (χ2n) is 7.82. The van der Waals surface area contributed by atoms with Crippen LogP contribution < -0.4 is 16.4 Å². The maximum Gasteiger partial charge on any atom is 0.316 e. The Morgan fingerprint density at radius 1 is 1.15 bits per heavy atom. The van der Waals surface area contributed by atoms with Crippen LogP contribution >= 0.6 is 0 Å². The number of benzene rings is 2. The Balaban J connectivity index is 1.44. The predicted molar refractivity (Wildman–Crippen MR) is 116 cm³/mol. The number of imide groups is 1. The van der Waals surface area contributed by atoms with Gasteiger partial charge in [-0.15, -0.1) is 5.10 Å². The molecule has 3 heterocycles. The van der Waals surface area contributed by atoms with E-state index in [0.717, 1.165) is 11.1 Å². The van der Waals surface area contributed by atoms with Gasteiger partial charge in [0.15, 0.2) is 0 Å². The molecule has 2 aromatic carbocycles. The van der Waals surface area contributed by atoms with E-state index in [1.165, 1.54) is 4.90 Å². The molecular formula is C22H19N7O4. The van der Waals surface area contributed by atoms with Crippen LogP contribution in [0.1, 0.15) is 28.8 Å². The monoisotopic (exact) mass is 445 g/mol. The van der Waals surface area contributed by atoms with Gasteiger partial charge in [0.05, 0.1) is 11.9 Å². The van der Waals surface area contributed by atoms with E-state index < -0.39 is 18.0 Å². The summed E-state index contributed by atoms with van der Waals surface area (Å²) in [6, 6.07) is 10.9. The quantitative estimate of drug-likeness (QED) is 0.513. The summed E-state index contributed by atoms with van der Waals surface area (Å²) in [5.41, 5.74) is 8.88. The van der Waals surface area contributed by atoms with Crippen molar-refractivity contribution in [3.05, 3.63) is 59.8 Å². The fraction of sp³-hybridized carbons (Fsp3) is 0.182. The van der Waals surface area contributed by atoms with Gasteiger partial charge in [-0.05, 0) is 30.7 Å². The van der Waals surface area contributed by atoms with Crippen molar-refractivity contribution in [3.8, 4) is 16.9 Å². The van der Waals surface area contributed by atoms with Crippen LogP contribution in [0.3, 0.4) is 0 Å². The van der Waals surface area contributed by atoms with Crippen molar-refractivity contribution < 1.29 is 19.2 Å². The standard InChI is InChI=1S/C22H19N7O4/c23-22(33)24-13-4-1-3-12(9-13)16-11-29(27-26-16)17-6-2-5-14-15(17)10-28(21(14)32)18-7-8-19(30)25-20(18)31/h1-6,9,11,18H,7-8,10H2,(H3,23,24,33)(H,25,30,31). The van der Waals surface area contributed by atoms with Crippen molar-refractivity contribution in [1.82, 2.24) is 25.2 Å². The molecule has 166 valence electrons. The Morgan fingerprint density at radius 2 is 1.97 bits per heavy atom. The van der Waals surface area contributed by atoms with Crippen molar-refractivity contribution in [2.45, 2.75) is 25.4 Å². The Bertz CT molecular complexity index is 1320. The number of aromatic nitrogens is 3. The summed E-state index contributed by atoms with van der Waals surface area (Å²) in [5, 5.41) is 13.3. The Morgan fingerprint density at radius 3 is 2.76 bits per heavy atom. The number of nitrogens with zero attached hydrogens (tertiary/aromatic N) is 4. The third-order valence-corrected chi connectivity index (χ3v) is 5.72. The van der Waals surface area contributed by atoms with E-state index in [-0.39, 0.29) is 24.8 Å². The van der Waals surface area contributed by atoms with Gasteiger partial charge in [0.25, 0.3) is 5.91 Å². The Kier molecular flexibility index (Phi) is 4.85. The van der Waals surface area contributed by atoms with Crippen LogP contribution in [-0.4, -0.2) is 49.7 Å². The first-order valence-corrected chi connectivity index (χ1v) is 10.3. The normalized spacial score (nSPS) is 17.6. The van der Waals surface area contributed by atoms with E-state index in [9.17, 15) is 19.2 Å². The number of primary amides is 1. The zero-order valence-corrected chi connectivity index (χ0v) is 17.3. The molecule has 0 saturated carbocycles. The lowest BCUT2D eigenvalue weighted by Crippen LogP contribution is -2.52. The SMILES string of the molecule is NC(=O)Nc1cccc(-c2cn(-c3cccc4c3CN(C3CCC(=O)NC3=O)C4=O)nn2)c1. The smallest absolute Gasteiger partial charge is 0.316 e. The minimum atomic E-state index is -0.692. The molecule has 2 aliphatic rings. The number of anilines is 1. The molecule has 11 nitrogen and oxygen atoms in total. The molecule has 0 aliphatic carbocycles. The third kappa shape index (κ3) is 3.69. The zero-order valence-electron chi connectivity index (χ0n) is 17.3. The minimum absolute atomic E-state index is 0.194. The summed E-state index contributed by atoms with van der Waals surface area (Å²) >= 11 is 0. The molecule has 1 saturated heterocycles. The largest absolute Gasteiger partial charge is 0.351 e. The summed E-state index contributed by atoms with van der Waals surface area (Å²) in [6.07, 6.45) is 2.21. The van der Waals surface area contributed by atoms with Crippen molar-refractivity contribution in [2.24, 2.45) is 5.73 Å². The highest BCUT2D eigenvalue weighted by atomic mass is 16.2. The van der Waals surface area contributed by atoms with Gasteiger partial charge in [0.1, 0.15) is 11.7 Å². The molecule has 3 aromatic rings. The molecule has 1 unspecified atom stereocenters. The lowest BCUT2D eigenvalue weighted by molar-refractivity contribution is -0.136. The van der Waals surface area contributed by atoms with E-state index in [1.54, 1.807) is 41.2 Å². The number of piperidine rings is 1. The van der Waals surface area contributed by atoms with Crippen molar-refractivity contribution in [1.29, 1.82) is 0 Å². The molecule has 0 radical (unpaired) electrons. The van der Waals surface area contributed by atoms with E-state index in [4.69, 9.17) is 5.73 Å². The highest BCUT2D eigenvalue weighted by molar-refractivity contribution is 6.05. The van der Waals surface area contributed by atoms with Gasteiger partial charge in [-0.25, -0.2) is 9.48 Å². The van der Waals surface area contributed by atoms with Crippen LogP contribution in [0.15, 0.2) is 48.7 Å². The fourth-order valence-corrected chi connectivity index (χ4v) is 4.20. The minimum Gasteiger partial charge on any atom is -0.351 e. The number of nitrogens with two attached hydrogens (primary N) is 1. The number of carbonyl (C=O) groups is 4. The first-order chi connectivity index (χ1) is 15.9.